The molecular formula is C32H43N3O22P2. The van der Waals surface area contributed by atoms with Crippen LogP contribution in [0.3, 0.4) is 0 Å². The molecule has 0 amide bonds. The van der Waals surface area contributed by atoms with Gasteiger partial charge in [-0.3, -0.25) is 18.5 Å². The van der Waals surface area contributed by atoms with Crippen LogP contribution < -0.4 is 11.2 Å². The third-order valence-electron chi connectivity index (χ3n) is 7.22. The standard InChI is InChI=1S/C32H43N3O22P2/c1-18(2)52-30(40)45-15-49-58(43,57-59(44,50-16-46-31(41)53-19(3)4)51-17-47-32(42)54-20(5)6)48-14-24-26(37)27(38)28(55-24)34-12-11-25(36)35(29(34)39)13-22-21-9-7-8-10-23(21)56-33-22/h7-12,18-20,24,26-28,37-38H,13-17H2,1-6H3/t24-,26?,27?,28-,58?/m1/s1. The molecule has 328 valence electrons. The maximum atomic E-state index is 14.0. The predicted molar refractivity (Wildman–Crippen MR) is 192 cm³/mol. The zero-order chi connectivity index (χ0) is 43.5. The van der Waals surface area contributed by atoms with Crippen LogP contribution >= 0.6 is 15.6 Å². The fourth-order valence-corrected chi connectivity index (χ4v) is 7.48. The third-order valence-corrected chi connectivity index (χ3v) is 10.6. The van der Waals surface area contributed by atoms with E-state index in [2.05, 4.69) is 19.4 Å². The van der Waals surface area contributed by atoms with Crippen LogP contribution in [0.15, 0.2) is 50.6 Å². The molecule has 2 aromatic heterocycles. The number of phosphoric ester groups is 2. The van der Waals surface area contributed by atoms with Crippen molar-refractivity contribution >= 4 is 45.1 Å². The number of benzene rings is 1. The van der Waals surface area contributed by atoms with Crippen molar-refractivity contribution in [2.45, 2.75) is 90.9 Å². The molecule has 3 aromatic rings. The van der Waals surface area contributed by atoms with Crippen LogP contribution in [-0.2, 0) is 71.2 Å². The first-order valence-electron chi connectivity index (χ1n) is 17.5. The second-order valence-corrected chi connectivity index (χ2v) is 16.3. The molecule has 3 heterocycles. The molecule has 0 saturated carbocycles. The minimum atomic E-state index is -5.46. The van der Waals surface area contributed by atoms with Crippen LogP contribution in [0, 0.1) is 0 Å². The normalized spacial score (nSPS) is 19.2. The largest absolute Gasteiger partial charge is 0.510 e. The molecule has 0 aliphatic carbocycles. The number of nitrogens with zero attached hydrogens (tertiary/aromatic N) is 3. The van der Waals surface area contributed by atoms with E-state index >= 15 is 0 Å². The van der Waals surface area contributed by atoms with E-state index in [1.165, 1.54) is 41.5 Å². The second kappa shape index (κ2) is 21.0. The van der Waals surface area contributed by atoms with E-state index in [4.69, 9.17) is 45.9 Å². The molecule has 1 saturated heterocycles. The van der Waals surface area contributed by atoms with Gasteiger partial charge in [0, 0.05) is 17.6 Å². The first-order chi connectivity index (χ1) is 27.8. The minimum absolute atomic E-state index is 0.239. The highest BCUT2D eigenvalue weighted by atomic mass is 31.3. The summed E-state index contributed by atoms with van der Waals surface area (Å²) in [6.45, 7) is 3.74. The number of carbonyl (C=O) groups excluding carboxylic acids is 3. The van der Waals surface area contributed by atoms with Gasteiger partial charge in [-0.1, -0.05) is 17.3 Å². The van der Waals surface area contributed by atoms with Crippen LogP contribution in [0.2, 0.25) is 0 Å². The van der Waals surface area contributed by atoms with Crippen molar-refractivity contribution in [3.63, 3.8) is 0 Å². The number of aromatic nitrogens is 3. The number of phosphoric acid groups is 2. The smallest absolute Gasteiger partial charge is 0.432 e. The second-order valence-electron chi connectivity index (χ2n) is 12.8. The Hall–Kier alpha value is -4.68. The van der Waals surface area contributed by atoms with Gasteiger partial charge < -0.3 is 47.9 Å². The average Bonchev–Trinajstić information content (AvgIpc) is 3.67. The summed E-state index contributed by atoms with van der Waals surface area (Å²) in [5, 5.41) is 26.3. The zero-order valence-electron chi connectivity index (χ0n) is 32.3. The molecule has 27 heteroatoms. The minimum Gasteiger partial charge on any atom is -0.432 e. The molecule has 5 atom stereocenters. The summed E-state index contributed by atoms with van der Waals surface area (Å²) < 4.78 is 93.5. The molecule has 3 unspecified atom stereocenters. The number of carbonyl (C=O) groups is 3. The van der Waals surface area contributed by atoms with Gasteiger partial charge in [0.15, 0.2) is 11.8 Å². The van der Waals surface area contributed by atoms with Crippen LogP contribution in [0.25, 0.3) is 11.0 Å². The Labute approximate surface area is 334 Å². The van der Waals surface area contributed by atoms with Crippen molar-refractivity contribution in [3.05, 3.63) is 63.1 Å². The third kappa shape index (κ3) is 13.7. The average molecular weight is 884 g/mol. The number of ether oxygens (including phenoxy) is 7. The fraction of sp³-hybridized carbons (Fsp3) is 0.562. The molecule has 1 fully saturated rings. The van der Waals surface area contributed by atoms with Crippen molar-refractivity contribution in [2.24, 2.45) is 0 Å². The summed E-state index contributed by atoms with van der Waals surface area (Å²) in [6, 6.07) is 7.69. The Morgan fingerprint density at radius 3 is 1.80 bits per heavy atom. The molecule has 25 nitrogen and oxygen atoms in total. The monoisotopic (exact) mass is 883 g/mol. The van der Waals surface area contributed by atoms with E-state index in [-0.39, 0.29) is 12.2 Å². The maximum Gasteiger partial charge on any atom is 0.510 e. The molecule has 1 aliphatic rings. The van der Waals surface area contributed by atoms with E-state index < -0.39 is 115 Å². The number of rotatable bonds is 20. The number of aliphatic hydroxyl groups excluding tert-OH is 2. The lowest BCUT2D eigenvalue weighted by molar-refractivity contribution is -0.0625. The van der Waals surface area contributed by atoms with Crippen molar-refractivity contribution < 1.29 is 93.8 Å². The first kappa shape index (κ1) is 47.0. The SMILES string of the molecule is CC(C)OC(=O)OCOP(=O)(OCOC(=O)OC(C)C)OP(=O)(OCOC(=O)OC(C)C)OC[C@H]1O[C@@H](n2ccc(=O)n(Cc3noc4ccccc34)c2=O)C(O)C1O. The van der Waals surface area contributed by atoms with Crippen LogP contribution in [0.1, 0.15) is 53.5 Å². The van der Waals surface area contributed by atoms with E-state index in [9.17, 15) is 43.3 Å². The lowest BCUT2D eigenvalue weighted by Gasteiger charge is -2.24. The van der Waals surface area contributed by atoms with Gasteiger partial charge >= 0.3 is 39.8 Å². The van der Waals surface area contributed by atoms with Crippen LogP contribution in [0.4, 0.5) is 14.4 Å². The van der Waals surface area contributed by atoms with Gasteiger partial charge in [0.05, 0.1) is 31.5 Å². The molecule has 1 aliphatic heterocycles. The van der Waals surface area contributed by atoms with Gasteiger partial charge in [0.2, 0.25) is 20.4 Å². The molecule has 1 aromatic carbocycles. The zero-order valence-corrected chi connectivity index (χ0v) is 34.1. The van der Waals surface area contributed by atoms with Gasteiger partial charge in [0.25, 0.3) is 5.56 Å². The van der Waals surface area contributed by atoms with E-state index in [0.717, 1.165) is 21.4 Å². The van der Waals surface area contributed by atoms with Crippen molar-refractivity contribution in [1.29, 1.82) is 0 Å². The maximum absolute atomic E-state index is 14.0. The van der Waals surface area contributed by atoms with Gasteiger partial charge in [-0.15, -0.1) is 0 Å². The Morgan fingerprint density at radius 1 is 0.763 bits per heavy atom. The summed E-state index contributed by atoms with van der Waals surface area (Å²) in [6.07, 6.45) is -12.1. The van der Waals surface area contributed by atoms with E-state index in [1.807, 2.05) is 0 Å². The van der Waals surface area contributed by atoms with E-state index in [0.29, 0.717) is 11.0 Å². The molecular weight excluding hydrogens is 840 g/mol. The lowest BCUT2D eigenvalue weighted by Crippen LogP contribution is -2.43. The first-order valence-corrected chi connectivity index (χ1v) is 20.4. The van der Waals surface area contributed by atoms with Gasteiger partial charge in [-0.05, 0) is 53.7 Å². The highest BCUT2D eigenvalue weighted by Crippen LogP contribution is 2.66. The number of hydrogen-bond donors (Lipinski definition) is 2. The topological polar surface area (TPSA) is 307 Å². The summed E-state index contributed by atoms with van der Waals surface area (Å²) >= 11 is 0. The summed E-state index contributed by atoms with van der Waals surface area (Å²) in [5.41, 5.74) is -1.12. The quantitative estimate of drug-likeness (QED) is 0.0707. The van der Waals surface area contributed by atoms with E-state index in [1.54, 1.807) is 24.3 Å². The van der Waals surface area contributed by atoms with Crippen molar-refractivity contribution in [2.75, 3.05) is 27.0 Å². The molecule has 2 N–H and O–H groups in total. The summed E-state index contributed by atoms with van der Waals surface area (Å²) in [7, 11) is -10.9. The van der Waals surface area contributed by atoms with Crippen molar-refractivity contribution in [1.82, 2.24) is 14.3 Å². The Kier molecular flexibility index (Phi) is 16.7. The highest BCUT2D eigenvalue weighted by Gasteiger charge is 2.48. The van der Waals surface area contributed by atoms with Gasteiger partial charge in [0.1, 0.15) is 24.0 Å². The van der Waals surface area contributed by atoms with Crippen LogP contribution in [0.5, 0.6) is 0 Å². The number of para-hydroxylation sites is 1. The molecule has 0 spiro atoms. The van der Waals surface area contributed by atoms with Crippen molar-refractivity contribution in [3.8, 4) is 0 Å². The number of fused-ring (bicyclic) bond motifs is 1. The molecule has 4 rings (SSSR count). The molecule has 59 heavy (non-hydrogen) atoms. The Balaban J connectivity index is 1.55. The Bertz CT molecular complexity index is 2080. The Morgan fingerprint density at radius 2 is 1.27 bits per heavy atom. The fourth-order valence-electron chi connectivity index (χ4n) is 4.72. The highest BCUT2D eigenvalue weighted by molar-refractivity contribution is 7.62. The van der Waals surface area contributed by atoms with Gasteiger partial charge in [-0.2, -0.15) is 4.31 Å². The van der Waals surface area contributed by atoms with Gasteiger partial charge in [-0.25, -0.2) is 41.9 Å². The lowest BCUT2D eigenvalue weighted by atomic mass is 10.1. The molecule has 0 radical (unpaired) electrons. The molecule has 0 bridgehead atoms. The summed E-state index contributed by atoms with van der Waals surface area (Å²) in [5.74, 6) is 0. The summed E-state index contributed by atoms with van der Waals surface area (Å²) in [4.78, 5) is 62.1. The van der Waals surface area contributed by atoms with Crippen LogP contribution in [-0.4, -0.2) is 107 Å². The predicted octanol–water partition coefficient (Wildman–Crippen LogP) is 3.68. The number of aliphatic hydroxyl groups is 2. The number of hydrogen-bond acceptors (Lipinski definition) is 23.